The first-order valence-electron chi connectivity index (χ1n) is 7.92. The van der Waals surface area contributed by atoms with Crippen molar-refractivity contribution >= 4 is 5.91 Å². The van der Waals surface area contributed by atoms with E-state index < -0.39 is 0 Å². The lowest BCUT2D eigenvalue weighted by atomic mass is 9.64. The number of piperidine rings is 1. The average Bonchev–Trinajstić information content (AvgIpc) is 2.36. The zero-order chi connectivity index (χ0) is 14.9. The molecule has 116 valence electrons. The van der Waals surface area contributed by atoms with Gasteiger partial charge in [0.1, 0.15) is 0 Å². The Morgan fingerprint density at radius 3 is 2.70 bits per heavy atom. The van der Waals surface area contributed by atoms with Gasteiger partial charge >= 0.3 is 0 Å². The van der Waals surface area contributed by atoms with Gasteiger partial charge in [-0.2, -0.15) is 0 Å². The Balaban J connectivity index is 1.79. The zero-order valence-electron chi connectivity index (χ0n) is 13.6. The molecule has 1 amide bonds. The van der Waals surface area contributed by atoms with Crippen LogP contribution >= 0.6 is 0 Å². The van der Waals surface area contributed by atoms with Crippen molar-refractivity contribution in [2.24, 2.45) is 11.3 Å². The number of hydrogen-bond acceptors (Lipinski definition) is 3. The van der Waals surface area contributed by atoms with Crippen molar-refractivity contribution in [3.05, 3.63) is 0 Å². The van der Waals surface area contributed by atoms with E-state index in [2.05, 4.69) is 33.0 Å². The maximum absolute atomic E-state index is 11.5. The summed E-state index contributed by atoms with van der Waals surface area (Å²) in [6, 6.07) is 0.944. The highest BCUT2D eigenvalue weighted by Gasteiger charge is 2.49. The topological polar surface area (TPSA) is 41.6 Å². The molecule has 0 aromatic rings. The number of ether oxygens (including phenoxy) is 1. The lowest BCUT2D eigenvalue weighted by molar-refractivity contribution is -0.136. The van der Waals surface area contributed by atoms with Crippen LogP contribution in [-0.4, -0.2) is 49.2 Å². The van der Waals surface area contributed by atoms with Gasteiger partial charge in [-0.25, -0.2) is 0 Å². The van der Waals surface area contributed by atoms with Crippen LogP contribution in [0.3, 0.4) is 0 Å². The van der Waals surface area contributed by atoms with Crippen LogP contribution in [0.5, 0.6) is 0 Å². The van der Waals surface area contributed by atoms with Crippen LogP contribution < -0.4 is 5.32 Å². The van der Waals surface area contributed by atoms with Crippen molar-refractivity contribution in [2.75, 3.05) is 20.2 Å². The monoisotopic (exact) mass is 282 g/mol. The smallest absolute Gasteiger partial charge is 0.222 e. The second-order valence-corrected chi connectivity index (χ2v) is 7.50. The molecule has 1 aliphatic carbocycles. The van der Waals surface area contributed by atoms with Gasteiger partial charge < -0.3 is 15.0 Å². The van der Waals surface area contributed by atoms with E-state index in [0.29, 0.717) is 30.5 Å². The Hall–Kier alpha value is -0.610. The molecule has 4 heteroatoms. The molecule has 2 rings (SSSR count). The van der Waals surface area contributed by atoms with E-state index in [4.69, 9.17) is 4.74 Å². The largest absolute Gasteiger partial charge is 0.377 e. The van der Waals surface area contributed by atoms with Gasteiger partial charge in [0.25, 0.3) is 0 Å². The molecule has 1 saturated heterocycles. The fraction of sp³-hybridized carbons (Fsp3) is 0.938. The minimum atomic E-state index is 0.189. The Kier molecular flexibility index (Phi) is 4.75. The average molecular weight is 282 g/mol. The first-order valence-corrected chi connectivity index (χ1v) is 7.92. The second kappa shape index (κ2) is 6.02. The molecule has 2 fully saturated rings. The number of likely N-dealkylation sites (tertiary alicyclic amines) is 1. The zero-order valence-corrected chi connectivity index (χ0v) is 13.6. The molecule has 0 radical (unpaired) electrons. The number of nitrogens with zero attached hydrogens (tertiary/aromatic N) is 1. The Bertz CT molecular complexity index is 354. The predicted octanol–water partition coefficient (Wildman–Crippen LogP) is 2.04. The predicted molar refractivity (Wildman–Crippen MR) is 80.6 cm³/mol. The minimum Gasteiger partial charge on any atom is -0.377 e. The summed E-state index contributed by atoms with van der Waals surface area (Å²) < 4.78 is 6.01. The number of carbonyl (C=O) groups excluding carboxylic acids is 1. The number of nitrogens with one attached hydrogen (secondary N) is 1. The molecule has 1 saturated carbocycles. The molecule has 3 unspecified atom stereocenters. The number of carbonyl (C=O) groups is 1. The van der Waals surface area contributed by atoms with Crippen molar-refractivity contribution in [3.63, 3.8) is 0 Å². The lowest BCUT2D eigenvalue weighted by Gasteiger charge is -2.53. The van der Waals surface area contributed by atoms with E-state index in [1.807, 2.05) is 11.9 Å². The highest BCUT2D eigenvalue weighted by Crippen LogP contribution is 2.43. The highest BCUT2D eigenvalue weighted by molar-refractivity contribution is 5.76. The van der Waals surface area contributed by atoms with E-state index in [9.17, 15) is 4.79 Å². The SMILES string of the molecule is CC(C)COC1CC(NC2CCC(=O)N(C)C2)C1(C)C. The molecule has 4 nitrogen and oxygen atoms in total. The summed E-state index contributed by atoms with van der Waals surface area (Å²) in [6.45, 7) is 10.6. The second-order valence-electron chi connectivity index (χ2n) is 7.50. The summed E-state index contributed by atoms with van der Waals surface area (Å²) in [5.74, 6) is 0.866. The van der Waals surface area contributed by atoms with Crippen LogP contribution in [0, 0.1) is 11.3 Å². The normalized spacial score (nSPS) is 33.4. The van der Waals surface area contributed by atoms with Crippen molar-refractivity contribution in [3.8, 4) is 0 Å². The number of rotatable bonds is 5. The van der Waals surface area contributed by atoms with Crippen molar-refractivity contribution in [1.82, 2.24) is 10.2 Å². The molecule has 1 aliphatic heterocycles. The number of amides is 1. The van der Waals surface area contributed by atoms with E-state index in [-0.39, 0.29) is 11.3 Å². The van der Waals surface area contributed by atoms with Crippen molar-refractivity contribution in [2.45, 2.75) is 65.1 Å². The molecule has 0 aromatic heterocycles. The first-order chi connectivity index (χ1) is 9.30. The van der Waals surface area contributed by atoms with Gasteiger partial charge in [-0.15, -0.1) is 0 Å². The lowest BCUT2D eigenvalue weighted by Crippen LogP contribution is -2.64. The van der Waals surface area contributed by atoms with Gasteiger partial charge in [-0.05, 0) is 18.8 Å². The van der Waals surface area contributed by atoms with E-state index in [1.165, 1.54) is 0 Å². The van der Waals surface area contributed by atoms with Crippen LogP contribution in [0.1, 0.15) is 47.0 Å². The Morgan fingerprint density at radius 2 is 2.15 bits per heavy atom. The summed E-state index contributed by atoms with van der Waals surface area (Å²) in [5.41, 5.74) is 0.189. The van der Waals surface area contributed by atoms with Crippen molar-refractivity contribution in [1.29, 1.82) is 0 Å². The maximum Gasteiger partial charge on any atom is 0.222 e. The maximum atomic E-state index is 11.5. The molecule has 0 spiro atoms. The van der Waals surface area contributed by atoms with Gasteiger partial charge in [0, 0.05) is 44.1 Å². The molecule has 0 bridgehead atoms. The molecule has 1 heterocycles. The van der Waals surface area contributed by atoms with Crippen LogP contribution in [0.2, 0.25) is 0 Å². The third-order valence-electron chi connectivity index (χ3n) is 4.87. The van der Waals surface area contributed by atoms with Gasteiger partial charge in [-0.3, -0.25) is 4.79 Å². The van der Waals surface area contributed by atoms with Crippen LogP contribution in [-0.2, 0) is 9.53 Å². The quantitative estimate of drug-likeness (QED) is 0.839. The first kappa shape index (κ1) is 15.8. The molecule has 20 heavy (non-hydrogen) atoms. The summed E-state index contributed by atoms with van der Waals surface area (Å²) >= 11 is 0. The third-order valence-corrected chi connectivity index (χ3v) is 4.87. The van der Waals surface area contributed by atoms with E-state index in [1.54, 1.807) is 0 Å². The molecule has 0 aromatic carbocycles. The summed E-state index contributed by atoms with van der Waals surface area (Å²) in [4.78, 5) is 13.4. The van der Waals surface area contributed by atoms with Crippen molar-refractivity contribution < 1.29 is 9.53 Å². The van der Waals surface area contributed by atoms with Gasteiger partial charge in [-0.1, -0.05) is 27.7 Å². The van der Waals surface area contributed by atoms with E-state index in [0.717, 1.165) is 26.0 Å². The van der Waals surface area contributed by atoms with Crippen LogP contribution in [0.25, 0.3) is 0 Å². The fourth-order valence-corrected chi connectivity index (χ4v) is 3.19. The van der Waals surface area contributed by atoms with E-state index >= 15 is 0 Å². The molecule has 2 aliphatic rings. The Morgan fingerprint density at radius 1 is 1.45 bits per heavy atom. The molecule has 3 atom stereocenters. The standard InChI is InChI=1S/C16H30N2O2/c1-11(2)10-20-14-8-13(16(14,3)4)17-12-6-7-15(19)18(5)9-12/h11-14,17H,6-10H2,1-5H3. The number of hydrogen-bond donors (Lipinski definition) is 1. The fourth-order valence-electron chi connectivity index (χ4n) is 3.19. The molecule has 1 N–H and O–H groups in total. The summed E-state index contributed by atoms with van der Waals surface area (Å²) in [7, 11) is 1.90. The number of likely N-dealkylation sites (N-methyl/N-ethyl adjacent to an activating group) is 1. The molecular weight excluding hydrogens is 252 g/mol. The summed E-state index contributed by atoms with van der Waals surface area (Å²) in [6.07, 6.45) is 3.10. The summed E-state index contributed by atoms with van der Waals surface area (Å²) in [5, 5.41) is 3.74. The van der Waals surface area contributed by atoms with Crippen LogP contribution in [0.4, 0.5) is 0 Å². The molecular formula is C16H30N2O2. The highest BCUT2D eigenvalue weighted by atomic mass is 16.5. The van der Waals surface area contributed by atoms with Crippen LogP contribution in [0.15, 0.2) is 0 Å². The Labute approximate surface area is 123 Å². The van der Waals surface area contributed by atoms with Gasteiger partial charge in [0.2, 0.25) is 5.91 Å². The van der Waals surface area contributed by atoms with Gasteiger partial charge in [0.05, 0.1) is 6.10 Å². The minimum absolute atomic E-state index is 0.189. The van der Waals surface area contributed by atoms with Gasteiger partial charge in [0.15, 0.2) is 0 Å². The third kappa shape index (κ3) is 3.34.